The fraction of sp³-hybridized carbons (Fsp3) is 0.333. The van der Waals surface area contributed by atoms with Crippen LogP contribution in [0, 0.1) is 0 Å². The van der Waals surface area contributed by atoms with E-state index in [0.29, 0.717) is 27.4 Å². The zero-order chi connectivity index (χ0) is 20.7. The summed E-state index contributed by atoms with van der Waals surface area (Å²) in [6.07, 6.45) is 2.18. The van der Waals surface area contributed by atoms with E-state index in [-0.39, 0.29) is 10.8 Å². The SMILES string of the molecule is BrCCCBr.Clc1ccc(OCCCBr)c(Cl)c1.Oc1ccc(Cl)cc1Cl. The number of alkyl halides is 3. The van der Waals surface area contributed by atoms with Crippen LogP contribution in [-0.4, -0.2) is 27.7 Å². The van der Waals surface area contributed by atoms with Crippen LogP contribution in [0.1, 0.15) is 12.8 Å². The molecule has 2 rings (SSSR count). The first-order valence-corrected chi connectivity index (χ1v) is 12.6. The molecule has 2 aromatic rings. The van der Waals surface area contributed by atoms with Crippen molar-refractivity contribution in [1.29, 1.82) is 0 Å². The second-order valence-electron chi connectivity index (χ2n) is 4.79. The molecule has 27 heavy (non-hydrogen) atoms. The first-order valence-electron chi connectivity index (χ1n) is 7.75. The van der Waals surface area contributed by atoms with Crippen molar-refractivity contribution in [1.82, 2.24) is 0 Å². The van der Waals surface area contributed by atoms with E-state index in [2.05, 4.69) is 47.8 Å². The number of ether oxygens (including phenoxy) is 1. The molecule has 0 amide bonds. The molecule has 0 unspecified atom stereocenters. The summed E-state index contributed by atoms with van der Waals surface area (Å²) in [4.78, 5) is 0. The molecular formula is C18H19Br3Cl4O2. The van der Waals surface area contributed by atoms with Crippen LogP contribution in [0.15, 0.2) is 36.4 Å². The quantitative estimate of drug-likeness (QED) is 0.250. The van der Waals surface area contributed by atoms with Crippen molar-refractivity contribution in [3.05, 3.63) is 56.5 Å². The van der Waals surface area contributed by atoms with Gasteiger partial charge in [-0.3, -0.25) is 0 Å². The van der Waals surface area contributed by atoms with Gasteiger partial charge < -0.3 is 9.84 Å². The van der Waals surface area contributed by atoms with Gasteiger partial charge in [0.1, 0.15) is 11.5 Å². The third-order valence-corrected chi connectivity index (χ3v) is 5.36. The highest BCUT2D eigenvalue weighted by atomic mass is 79.9. The van der Waals surface area contributed by atoms with E-state index in [4.69, 9.17) is 56.2 Å². The predicted molar refractivity (Wildman–Crippen MR) is 131 cm³/mol. The minimum Gasteiger partial charge on any atom is -0.506 e. The largest absolute Gasteiger partial charge is 0.506 e. The number of hydrogen-bond donors (Lipinski definition) is 1. The Morgan fingerprint density at radius 1 is 0.741 bits per heavy atom. The zero-order valence-corrected chi connectivity index (χ0v) is 22.0. The fourth-order valence-corrected chi connectivity index (χ4v) is 3.77. The Bertz CT molecular complexity index is 658. The molecule has 0 bridgehead atoms. The van der Waals surface area contributed by atoms with Crippen molar-refractivity contribution < 1.29 is 9.84 Å². The summed E-state index contributed by atoms with van der Waals surface area (Å²) < 4.78 is 5.41. The van der Waals surface area contributed by atoms with Gasteiger partial charge in [-0.2, -0.15) is 0 Å². The summed E-state index contributed by atoms with van der Waals surface area (Å²) >= 11 is 32.5. The zero-order valence-electron chi connectivity index (χ0n) is 14.2. The standard InChI is InChI=1S/C9H9BrCl2O.C6H4Cl2O.C3H6Br2/c10-4-1-5-13-9-3-2-7(11)6-8(9)12;7-4-1-2-6(9)5(8)3-4;4-2-1-3-5/h2-3,6H,1,4-5H2;1-3,9H;1-3H2. The van der Waals surface area contributed by atoms with E-state index in [1.54, 1.807) is 24.3 Å². The van der Waals surface area contributed by atoms with E-state index >= 15 is 0 Å². The Labute approximate surface area is 205 Å². The molecule has 0 heterocycles. The van der Waals surface area contributed by atoms with Gasteiger partial charge in [-0.1, -0.05) is 94.2 Å². The molecule has 0 spiro atoms. The van der Waals surface area contributed by atoms with Crippen LogP contribution in [0.5, 0.6) is 11.5 Å². The highest BCUT2D eigenvalue weighted by molar-refractivity contribution is 9.09. The van der Waals surface area contributed by atoms with Crippen LogP contribution in [0.3, 0.4) is 0 Å². The molecule has 0 fully saturated rings. The minimum atomic E-state index is 0.0565. The Balaban J connectivity index is 0.000000419. The molecule has 0 saturated heterocycles. The van der Waals surface area contributed by atoms with Crippen molar-refractivity contribution in [2.45, 2.75) is 12.8 Å². The van der Waals surface area contributed by atoms with Gasteiger partial charge in [-0.05, 0) is 49.2 Å². The van der Waals surface area contributed by atoms with E-state index in [1.807, 2.05) is 0 Å². The van der Waals surface area contributed by atoms with E-state index in [1.165, 1.54) is 18.6 Å². The number of phenols is 1. The summed E-state index contributed by atoms with van der Waals surface area (Å²) in [5.74, 6) is 0.744. The van der Waals surface area contributed by atoms with Crippen LogP contribution in [0.25, 0.3) is 0 Å². The molecule has 0 radical (unpaired) electrons. The number of rotatable bonds is 6. The molecule has 0 aliphatic rings. The molecule has 2 aromatic carbocycles. The average molecular weight is 649 g/mol. The molecule has 1 N–H and O–H groups in total. The molecule has 0 aliphatic carbocycles. The first kappa shape index (κ1) is 27.6. The van der Waals surface area contributed by atoms with E-state index in [0.717, 1.165) is 22.4 Å². The maximum atomic E-state index is 8.85. The summed E-state index contributed by atoms with van der Waals surface area (Å²) in [6.45, 7) is 0.659. The lowest BCUT2D eigenvalue weighted by Crippen LogP contribution is -1.97. The van der Waals surface area contributed by atoms with Crippen LogP contribution >= 0.6 is 94.2 Å². The number of halogens is 7. The highest BCUT2D eigenvalue weighted by Crippen LogP contribution is 2.27. The third kappa shape index (κ3) is 14.3. The van der Waals surface area contributed by atoms with Gasteiger partial charge in [-0.15, -0.1) is 0 Å². The fourth-order valence-electron chi connectivity index (χ4n) is 1.36. The average Bonchev–Trinajstić information content (AvgIpc) is 2.62. The van der Waals surface area contributed by atoms with Crippen molar-refractivity contribution in [3.63, 3.8) is 0 Å². The topological polar surface area (TPSA) is 29.5 Å². The van der Waals surface area contributed by atoms with Crippen LogP contribution < -0.4 is 4.74 Å². The molecular weight excluding hydrogens is 630 g/mol. The monoisotopic (exact) mass is 644 g/mol. The van der Waals surface area contributed by atoms with Gasteiger partial charge in [0.2, 0.25) is 0 Å². The lowest BCUT2D eigenvalue weighted by molar-refractivity contribution is 0.319. The molecule has 0 saturated carbocycles. The van der Waals surface area contributed by atoms with Gasteiger partial charge in [-0.25, -0.2) is 0 Å². The molecule has 0 aliphatic heterocycles. The summed E-state index contributed by atoms with van der Waals surface area (Å²) in [5.41, 5.74) is 0. The second kappa shape index (κ2) is 17.5. The van der Waals surface area contributed by atoms with Crippen LogP contribution in [0.2, 0.25) is 20.1 Å². The summed E-state index contributed by atoms with van der Waals surface area (Å²) in [7, 11) is 0. The van der Waals surface area contributed by atoms with E-state index < -0.39 is 0 Å². The van der Waals surface area contributed by atoms with Crippen molar-refractivity contribution in [2.75, 3.05) is 22.6 Å². The van der Waals surface area contributed by atoms with Gasteiger partial charge >= 0.3 is 0 Å². The molecule has 2 nitrogen and oxygen atoms in total. The van der Waals surface area contributed by atoms with Gasteiger partial charge in [0.15, 0.2) is 0 Å². The van der Waals surface area contributed by atoms with Crippen molar-refractivity contribution >= 4 is 94.2 Å². The smallest absolute Gasteiger partial charge is 0.137 e. The third-order valence-electron chi connectivity index (χ3n) is 2.61. The van der Waals surface area contributed by atoms with Crippen LogP contribution in [0.4, 0.5) is 0 Å². The Morgan fingerprint density at radius 3 is 1.67 bits per heavy atom. The molecule has 0 atom stereocenters. The maximum Gasteiger partial charge on any atom is 0.137 e. The second-order valence-corrected chi connectivity index (χ2v) is 8.86. The Kier molecular flexibility index (Phi) is 17.9. The molecule has 0 aromatic heterocycles. The summed E-state index contributed by atoms with van der Waals surface area (Å²) in [5, 5.41) is 14.0. The Hall–Kier alpha value is 0.640. The predicted octanol–water partition coefficient (Wildman–Crippen LogP) is 9.02. The summed E-state index contributed by atoms with van der Waals surface area (Å²) in [6, 6.07) is 9.72. The Morgan fingerprint density at radius 2 is 1.26 bits per heavy atom. The van der Waals surface area contributed by atoms with Crippen molar-refractivity contribution in [3.8, 4) is 11.5 Å². The first-order chi connectivity index (χ1) is 12.8. The number of aromatic hydroxyl groups is 1. The van der Waals surface area contributed by atoms with E-state index in [9.17, 15) is 0 Å². The molecule has 152 valence electrons. The number of phenolic OH excluding ortho intramolecular Hbond substituents is 1. The lowest BCUT2D eigenvalue weighted by atomic mass is 10.3. The van der Waals surface area contributed by atoms with Gasteiger partial charge in [0.05, 0.1) is 16.7 Å². The maximum absolute atomic E-state index is 8.85. The number of hydrogen-bond acceptors (Lipinski definition) is 2. The van der Waals surface area contributed by atoms with Crippen LogP contribution in [-0.2, 0) is 0 Å². The van der Waals surface area contributed by atoms with Crippen molar-refractivity contribution in [2.24, 2.45) is 0 Å². The normalized spacial score (nSPS) is 9.59. The molecule has 9 heteroatoms. The minimum absolute atomic E-state index is 0.0565. The number of benzene rings is 2. The lowest BCUT2D eigenvalue weighted by Gasteiger charge is -2.06. The van der Waals surface area contributed by atoms with Gasteiger partial charge in [0.25, 0.3) is 0 Å². The van der Waals surface area contributed by atoms with Gasteiger partial charge in [0, 0.05) is 26.0 Å². The highest BCUT2D eigenvalue weighted by Gasteiger charge is 2.01.